The number of benzene rings is 1. The molecular weight excluding hydrogens is 214 g/mol. The highest BCUT2D eigenvalue weighted by molar-refractivity contribution is 6.32. The molecule has 0 fully saturated rings. The molecule has 0 aliphatic rings. The van der Waals surface area contributed by atoms with Crippen LogP contribution in [0.1, 0.15) is 5.56 Å². The lowest BCUT2D eigenvalue weighted by molar-refractivity contribution is -0.107. The van der Waals surface area contributed by atoms with Crippen molar-refractivity contribution in [3.05, 3.63) is 34.6 Å². The average molecular weight is 221 g/mol. The Labute approximate surface area is 85.5 Å². The summed E-state index contributed by atoms with van der Waals surface area (Å²) in [5.74, 6) is -0.380. The van der Waals surface area contributed by atoms with Crippen molar-refractivity contribution in [1.29, 1.82) is 0 Å². The van der Waals surface area contributed by atoms with Crippen LogP contribution in [0, 0.1) is 5.82 Å². The average Bonchev–Trinajstić information content (AvgIpc) is 2.11. The molecule has 1 atom stereocenters. The minimum atomic E-state index is -0.653. The smallest absolute Gasteiger partial charge is 0.138 e. The maximum atomic E-state index is 12.7. The van der Waals surface area contributed by atoms with Gasteiger partial charge in [0.25, 0.3) is 0 Å². The fourth-order valence-electron chi connectivity index (χ4n) is 0.958. The van der Waals surface area contributed by atoms with E-state index in [-0.39, 0.29) is 12.2 Å². The molecule has 0 saturated carbocycles. The van der Waals surface area contributed by atoms with E-state index in [1.165, 1.54) is 18.2 Å². The molecule has 1 rings (SSSR count). The molecule has 1 unspecified atom stereocenters. The summed E-state index contributed by atoms with van der Waals surface area (Å²) in [5.41, 5.74) is 0.550. The van der Waals surface area contributed by atoms with Crippen LogP contribution in [0.3, 0.4) is 0 Å². The van der Waals surface area contributed by atoms with Crippen molar-refractivity contribution in [1.82, 2.24) is 0 Å². The van der Waals surface area contributed by atoms with Gasteiger partial charge in [-0.15, -0.1) is 11.6 Å². The Morgan fingerprint density at radius 3 is 2.85 bits per heavy atom. The predicted molar refractivity (Wildman–Crippen MR) is 50.8 cm³/mol. The first kappa shape index (κ1) is 10.5. The summed E-state index contributed by atoms with van der Waals surface area (Å²) in [6, 6.07) is 3.98. The summed E-state index contributed by atoms with van der Waals surface area (Å²) in [7, 11) is 0. The van der Waals surface area contributed by atoms with Crippen molar-refractivity contribution in [2.45, 2.75) is 11.8 Å². The molecule has 0 bridgehead atoms. The van der Waals surface area contributed by atoms with E-state index in [9.17, 15) is 9.18 Å². The quantitative estimate of drug-likeness (QED) is 0.566. The van der Waals surface area contributed by atoms with E-state index >= 15 is 0 Å². The number of alkyl halides is 1. The van der Waals surface area contributed by atoms with Crippen LogP contribution in [0.4, 0.5) is 4.39 Å². The van der Waals surface area contributed by atoms with Crippen molar-refractivity contribution >= 4 is 29.5 Å². The van der Waals surface area contributed by atoms with Crippen molar-refractivity contribution in [3.63, 3.8) is 0 Å². The van der Waals surface area contributed by atoms with Gasteiger partial charge in [0.15, 0.2) is 0 Å². The third kappa shape index (κ3) is 2.98. The van der Waals surface area contributed by atoms with E-state index in [2.05, 4.69) is 0 Å². The second-order valence-electron chi connectivity index (χ2n) is 2.59. The molecule has 4 heteroatoms. The van der Waals surface area contributed by atoms with Crippen molar-refractivity contribution < 1.29 is 9.18 Å². The van der Waals surface area contributed by atoms with Crippen molar-refractivity contribution in [2.75, 3.05) is 0 Å². The molecule has 0 aliphatic heterocycles. The van der Waals surface area contributed by atoms with Crippen molar-refractivity contribution in [2.24, 2.45) is 0 Å². The van der Waals surface area contributed by atoms with E-state index in [4.69, 9.17) is 23.2 Å². The molecular formula is C9H7Cl2FO. The molecule has 0 spiro atoms. The summed E-state index contributed by atoms with van der Waals surface area (Å²) < 4.78 is 12.7. The Morgan fingerprint density at radius 1 is 1.54 bits per heavy atom. The first-order valence-corrected chi connectivity index (χ1v) is 4.48. The Morgan fingerprint density at radius 2 is 2.23 bits per heavy atom. The largest absolute Gasteiger partial charge is 0.302 e. The van der Waals surface area contributed by atoms with E-state index in [0.29, 0.717) is 16.9 Å². The van der Waals surface area contributed by atoms with Crippen LogP contribution >= 0.6 is 23.2 Å². The zero-order valence-corrected chi connectivity index (χ0v) is 8.15. The second kappa shape index (κ2) is 4.58. The third-order valence-electron chi connectivity index (χ3n) is 1.57. The zero-order valence-electron chi connectivity index (χ0n) is 6.64. The van der Waals surface area contributed by atoms with Crippen LogP contribution in [0.2, 0.25) is 5.02 Å². The van der Waals surface area contributed by atoms with Gasteiger partial charge in [-0.3, -0.25) is 0 Å². The fraction of sp³-hybridized carbons (Fsp3) is 0.222. The number of hydrogen-bond acceptors (Lipinski definition) is 1. The van der Waals surface area contributed by atoms with Crippen LogP contribution in [0.15, 0.2) is 18.2 Å². The van der Waals surface area contributed by atoms with Gasteiger partial charge >= 0.3 is 0 Å². The summed E-state index contributed by atoms with van der Waals surface area (Å²) >= 11 is 11.3. The van der Waals surface area contributed by atoms with E-state index in [0.717, 1.165) is 0 Å². The van der Waals surface area contributed by atoms with Crippen molar-refractivity contribution in [3.8, 4) is 0 Å². The number of halogens is 3. The fourth-order valence-corrected chi connectivity index (χ4v) is 1.32. The predicted octanol–water partition coefficient (Wildman–Crippen LogP) is 2.83. The normalized spacial score (nSPS) is 12.5. The summed E-state index contributed by atoms with van der Waals surface area (Å²) in [6.07, 6.45) is 0.852. The number of carbonyl (C=O) groups excluding carboxylic acids is 1. The monoisotopic (exact) mass is 220 g/mol. The Hall–Kier alpha value is -0.600. The van der Waals surface area contributed by atoms with Crippen LogP contribution < -0.4 is 0 Å². The molecule has 0 amide bonds. The third-order valence-corrected chi connectivity index (χ3v) is 2.20. The van der Waals surface area contributed by atoms with Gasteiger partial charge in [-0.25, -0.2) is 4.39 Å². The SMILES string of the molecule is O=CC(Cl)Cc1cc(F)ccc1Cl. The standard InChI is InChI=1S/C9H7Cl2FO/c10-7(5-13)3-6-4-8(12)1-2-9(6)11/h1-2,4-5,7H,3H2. The minimum Gasteiger partial charge on any atom is -0.302 e. The molecule has 0 radical (unpaired) electrons. The van der Waals surface area contributed by atoms with Crippen LogP contribution in [0.25, 0.3) is 0 Å². The van der Waals surface area contributed by atoms with Gasteiger partial charge in [-0.05, 0) is 30.2 Å². The topological polar surface area (TPSA) is 17.1 Å². The van der Waals surface area contributed by atoms with Gasteiger partial charge in [0.05, 0.1) is 5.38 Å². The van der Waals surface area contributed by atoms with Gasteiger partial charge in [0.2, 0.25) is 0 Å². The highest BCUT2D eigenvalue weighted by Gasteiger charge is 2.08. The first-order chi connectivity index (χ1) is 6.13. The van der Waals surface area contributed by atoms with E-state index in [1.54, 1.807) is 0 Å². The molecule has 1 aromatic carbocycles. The summed E-state index contributed by atoms with van der Waals surface area (Å²) in [5, 5.41) is -0.229. The molecule has 0 aromatic heterocycles. The Bertz CT molecular complexity index is 314. The van der Waals surface area contributed by atoms with Crippen LogP contribution in [0.5, 0.6) is 0 Å². The Balaban J connectivity index is 2.86. The van der Waals surface area contributed by atoms with Gasteiger partial charge in [0.1, 0.15) is 12.1 Å². The summed E-state index contributed by atoms with van der Waals surface area (Å²) in [6.45, 7) is 0. The molecule has 1 nitrogen and oxygen atoms in total. The van der Waals surface area contributed by atoms with E-state index in [1.807, 2.05) is 0 Å². The molecule has 0 aliphatic carbocycles. The molecule has 70 valence electrons. The second-order valence-corrected chi connectivity index (χ2v) is 3.56. The van der Waals surface area contributed by atoms with Gasteiger partial charge in [-0.2, -0.15) is 0 Å². The molecule has 0 heterocycles. The van der Waals surface area contributed by atoms with Gasteiger partial charge < -0.3 is 4.79 Å². The molecule has 0 N–H and O–H groups in total. The number of rotatable bonds is 3. The highest BCUT2D eigenvalue weighted by atomic mass is 35.5. The number of hydrogen-bond donors (Lipinski definition) is 0. The molecule has 1 aromatic rings. The molecule has 13 heavy (non-hydrogen) atoms. The zero-order chi connectivity index (χ0) is 9.84. The summed E-state index contributed by atoms with van der Waals surface area (Å²) in [4.78, 5) is 10.2. The lowest BCUT2D eigenvalue weighted by Crippen LogP contribution is -2.04. The maximum absolute atomic E-state index is 12.7. The van der Waals surface area contributed by atoms with Crippen LogP contribution in [-0.4, -0.2) is 11.7 Å². The van der Waals surface area contributed by atoms with E-state index < -0.39 is 5.38 Å². The van der Waals surface area contributed by atoms with Crippen LogP contribution in [-0.2, 0) is 11.2 Å². The lowest BCUT2D eigenvalue weighted by Gasteiger charge is -2.04. The minimum absolute atomic E-state index is 0.252. The lowest BCUT2D eigenvalue weighted by atomic mass is 10.1. The van der Waals surface area contributed by atoms with Gasteiger partial charge in [-0.1, -0.05) is 11.6 Å². The number of aldehydes is 1. The van der Waals surface area contributed by atoms with Gasteiger partial charge in [0, 0.05) is 5.02 Å². The molecule has 0 saturated heterocycles. The highest BCUT2D eigenvalue weighted by Crippen LogP contribution is 2.19. The first-order valence-electron chi connectivity index (χ1n) is 3.67. The number of carbonyl (C=O) groups is 1. The maximum Gasteiger partial charge on any atom is 0.138 e. The Kier molecular flexibility index (Phi) is 3.70.